The molecule has 0 aliphatic rings. The van der Waals surface area contributed by atoms with Gasteiger partial charge in [0.05, 0.1) is 12.2 Å². The fraction of sp³-hybridized carbons (Fsp3) is 0.429. The predicted molar refractivity (Wildman–Crippen MR) is 71.3 cm³/mol. The van der Waals surface area contributed by atoms with Crippen LogP contribution in [-0.2, 0) is 9.59 Å². The number of Topliss-reactive ketones (excluding diaryl/α,β-unsaturated/α-hetero) is 2. The Balaban J connectivity index is 2.39. The molecule has 1 rings (SSSR count). The highest BCUT2D eigenvalue weighted by Crippen LogP contribution is 2.20. The maximum atomic E-state index is 11.7. The lowest BCUT2D eigenvalue weighted by atomic mass is 9.88. The van der Waals surface area contributed by atoms with Gasteiger partial charge in [-0.2, -0.15) is 0 Å². The molecule has 2 nitrogen and oxygen atoms in total. The highest BCUT2D eigenvalue weighted by molar-refractivity contribution is 8.00. The normalized spacial score (nSPS) is 11.2. The first kappa shape index (κ1) is 14.0. The minimum absolute atomic E-state index is 0.00113. The number of hydrogen-bond acceptors (Lipinski definition) is 3. The maximum absolute atomic E-state index is 11.7. The summed E-state index contributed by atoms with van der Waals surface area (Å²) in [5.41, 5.74) is -0.424. The number of carbonyl (C=O) groups excluding carboxylic acids is 2. The highest BCUT2D eigenvalue weighted by Gasteiger charge is 2.23. The summed E-state index contributed by atoms with van der Waals surface area (Å²) in [6.45, 7) is 5.52. The quantitative estimate of drug-likeness (QED) is 0.593. The lowest BCUT2D eigenvalue weighted by molar-refractivity contribution is -0.130. The molecule has 0 fully saturated rings. The van der Waals surface area contributed by atoms with E-state index < -0.39 is 5.41 Å². The molecule has 1 aromatic carbocycles. The van der Waals surface area contributed by atoms with Crippen molar-refractivity contribution in [2.75, 3.05) is 5.75 Å². The number of rotatable bonds is 5. The van der Waals surface area contributed by atoms with Crippen LogP contribution in [0.1, 0.15) is 27.2 Å². The van der Waals surface area contributed by atoms with Gasteiger partial charge in [0.1, 0.15) is 11.6 Å². The van der Waals surface area contributed by atoms with Crippen molar-refractivity contribution in [2.45, 2.75) is 32.1 Å². The molecule has 0 aliphatic carbocycles. The summed E-state index contributed by atoms with van der Waals surface area (Å²) in [6.07, 6.45) is 0.0450. The molecule has 92 valence electrons. The molecule has 0 amide bonds. The molecule has 0 aliphatic heterocycles. The Morgan fingerprint density at radius 2 is 1.71 bits per heavy atom. The van der Waals surface area contributed by atoms with Gasteiger partial charge >= 0.3 is 0 Å². The molecule has 0 heterocycles. The monoisotopic (exact) mass is 250 g/mol. The predicted octanol–water partition coefficient (Wildman–Crippen LogP) is 3.35. The SMILES string of the molecule is CC(C)(C)C(=O)CC(=O)CSc1ccccc1. The first-order valence-corrected chi connectivity index (χ1v) is 6.61. The molecule has 0 saturated carbocycles. The summed E-state index contributed by atoms with van der Waals surface area (Å²) in [5.74, 6) is 0.376. The van der Waals surface area contributed by atoms with E-state index in [1.165, 1.54) is 11.8 Å². The zero-order valence-electron chi connectivity index (χ0n) is 10.5. The molecule has 0 radical (unpaired) electrons. The van der Waals surface area contributed by atoms with E-state index in [9.17, 15) is 9.59 Å². The van der Waals surface area contributed by atoms with Crippen LogP contribution in [0.5, 0.6) is 0 Å². The smallest absolute Gasteiger partial charge is 0.150 e. The van der Waals surface area contributed by atoms with E-state index in [2.05, 4.69) is 0 Å². The minimum Gasteiger partial charge on any atom is -0.299 e. The third-order valence-corrected chi connectivity index (χ3v) is 3.41. The maximum Gasteiger partial charge on any atom is 0.150 e. The van der Waals surface area contributed by atoms with Crippen molar-refractivity contribution in [3.8, 4) is 0 Å². The van der Waals surface area contributed by atoms with Gasteiger partial charge in [0.15, 0.2) is 0 Å². The van der Waals surface area contributed by atoms with Crippen molar-refractivity contribution < 1.29 is 9.59 Å². The minimum atomic E-state index is -0.424. The molecule has 0 N–H and O–H groups in total. The van der Waals surface area contributed by atoms with E-state index >= 15 is 0 Å². The summed E-state index contributed by atoms with van der Waals surface area (Å²) in [7, 11) is 0. The number of hydrogen-bond donors (Lipinski definition) is 0. The average molecular weight is 250 g/mol. The molecule has 0 spiro atoms. The summed E-state index contributed by atoms with van der Waals surface area (Å²) >= 11 is 1.48. The van der Waals surface area contributed by atoms with Crippen LogP contribution in [0.4, 0.5) is 0 Å². The van der Waals surface area contributed by atoms with Crippen molar-refractivity contribution in [1.82, 2.24) is 0 Å². The van der Waals surface area contributed by atoms with Crippen molar-refractivity contribution >= 4 is 23.3 Å². The molecule has 0 bridgehead atoms. The van der Waals surface area contributed by atoms with Crippen molar-refractivity contribution in [1.29, 1.82) is 0 Å². The molecule has 3 heteroatoms. The van der Waals surface area contributed by atoms with Crippen molar-refractivity contribution in [3.05, 3.63) is 30.3 Å². The highest BCUT2D eigenvalue weighted by atomic mass is 32.2. The average Bonchev–Trinajstić information content (AvgIpc) is 2.26. The zero-order chi connectivity index (χ0) is 12.9. The fourth-order valence-corrected chi connectivity index (χ4v) is 1.96. The van der Waals surface area contributed by atoms with E-state index in [4.69, 9.17) is 0 Å². The molecule has 17 heavy (non-hydrogen) atoms. The van der Waals surface area contributed by atoms with Gasteiger partial charge in [-0.3, -0.25) is 9.59 Å². The van der Waals surface area contributed by atoms with Crippen LogP contribution in [0.2, 0.25) is 0 Å². The van der Waals surface area contributed by atoms with Gasteiger partial charge in [0.2, 0.25) is 0 Å². The third-order valence-electron chi connectivity index (χ3n) is 2.34. The van der Waals surface area contributed by atoms with Gasteiger partial charge < -0.3 is 0 Å². The van der Waals surface area contributed by atoms with Gasteiger partial charge in [-0.15, -0.1) is 11.8 Å². The van der Waals surface area contributed by atoms with Gasteiger partial charge in [-0.05, 0) is 12.1 Å². The van der Waals surface area contributed by atoms with E-state index in [0.29, 0.717) is 5.75 Å². The largest absolute Gasteiger partial charge is 0.299 e. The molecular formula is C14H18O2S. The summed E-state index contributed by atoms with van der Waals surface area (Å²) in [5, 5.41) is 0. The Labute approximate surface area is 107 Å². The standard InChI is InChI=1S/C14H18O2S/c1-14(2,3)13(16)9-11(15)10-17-12-7-5-4-6-8-12/h4-8H,9-10H2,1-3H3. The zero-order valence-corrected chi connectivity index (χ0v) is 11.3. The summed E-state index contributed by atoms with van der Waals surface area (Å²) in [6, 6.07) is 9.74. The van der Waals surface area contributed by atoms with E-state index in [1.54, 1.807) is 0 Å². The Hall–Kier alpha value is -1.09. The Kier molecular flexibility index (Phi) is 4.94. The Bertz CT molecular complexity index is 390. The van der Waals surface area contributed by atoms with Crippen molar-refractivity contribution in [3.63, 3.8) is 0 Å². The van der Waals surface area contributed by atoms with Crippen LogP contribution in [0.25, 0.3) is 0 Å². The first-order valence-electron chi connectivity index (χ1n) is 5.62. The second kappa shape index (κ2) is 6.01. The van der Waals surface area contributed by atoms with Gasteiger partial charge in [-0.1, -0.05) is 39.0 Å². The van der Waals surface area contributed by atoms with Crippen molar-refractivity contribution in [2.24, 2.45) is 5.41 Å². The Morgan fingerprint density at radius 3 is 2.24 bits per heavy atom. The molecule has 0 aromatic heterocycles. The van der Waals surface area contributed by atoms with E-state index in [-0.39, 0.29) is 18.0 Å². The third kappa shape index (κ3) is 5.18. The topological polar surface area (TPSA) is 34.1 Å². The second-order valence-electron chi connectivity index (χ2n) is 4.99. The fourth-order valence-electron chi connectivity index (χ4n) is 1.18. The van der Waals surface area contributed by atoms with Crippen LogP contribution >= 0.6 is 11.8 Å². The van der Waals surface area contributed by atoms with Gasteiger partial charge in [0.25, 0.3) is 0 Å². The first-order chi connectivity index (χ1) is 7.89. The number of carbonyl (C=O) groups is 2. The molecule has 0 unspecified atom stereocenters. The van der Waals surface area contributed by atoms with E-state index in [1.807, 2.05) is 51.1 Å². The summed E-state index contributed by atoms with van der Waals surface area (Å²) < 4.78 is 0. The lowest BCUT2D eigenvalue weighted by Gasteiger charge is -2.15. The molecule has 0 atom stereocenters. The van der Waals surface area contributed by atoms with Crippen LogP contribution in [0.3, 0.4) is 0 Å². The Morgan fingerprint density at radius 1 is 1.12 bits per heavy atom. The molecule has 1 aromatic rings. The molecule has 0 saturated heterocycles. The second-order valence-corrected chi connectivity index (χ2v) is 6.04. The lowest BCUT2D eigenvalue weighted by Crippen LogP contribution is -2.23. The summed E-state index contributed by atoms with van der Waals surface area (Å²) in [4.78, 5) is 24.3. The van der Waals surface area contributed by atoms with Crippen LogP contribution in [0, 0.1) is 5.41 Å². The van der Waals surface area contributed by atoms with Gasteiger partial charge in [-0.25, -0.2) is 0 Å². The van der Waals surface area contributed by atoms with Crippen LogP contribution in [0.15, 0.2) is 35.2 Å². The van der Waals surface area contributed by atoms with Crippen LogP contribution in [-0.4, -0.2) is 17.3 Å². The van der Waals surface area contributed by atoms with E-state index in [0.717, 1.165) is 4.90 Å². The number of benzene rings is 1. The number of thioether (sulfide) groups is 1. The number of ketones is 2. The van der Waals surface area contributed by atoms with Gasteiger partial charge in [0, 0.05) is 10.3 Å². The van der Waals surface area contributed by atoms with Crippen LogP contribution < -0.4 is 0 Å². The molecular weight excluding hydrogens is 232 g/mol.